The predicted molar refractivity (Wildman–Crippen MR) is 105 cm³/mol. The lowest BCUT2D eigenvalue weighted by Crippen LogP contribution is -2.37. The van der Waals surface area contributed by atoms with Crippen molar-refractivity contribution < 1.29 is 14.3 Å². The maximum absolute atomic E-state index is 13.1. The summed E-state index contributed by atoms with van der Waals surface area (Å²) in [5, 5.41) is 15.0. The van der Waals surface area contributed by atoms with Crippen LogP contribution in [0.1, 0.15) is 30.9 Å². The first-order valence-electron chi connectivity index (χ1n) is 9.17. The van der Waals surface area contributed by atoms with Crippen molar-refractivity contribution in [2.24, 2.45) is 5.16 Å². The van der Waals surface area contributed by atoms with Gasteiger partial charge in [-0.1, -0.05) is 47.9 Å². The smallest absolute Gasteiger partial charge is 0.145 e. The molecular weight excluding hydrogens is 367 g/mol. The van der Waals surface area contributed by atoms with Crippen molar-refractivity contribution in [2.45, 2.75) is 38.5 Å². The molecule has 1 heterocycles. The van der Waals surface area contributed by atoms with Gasteiger partial charge in [-0.25, -0.2) is 4.39 Å². The van der Waals surface area contributed by atoms with Gasteiger partial charge >= 0.3 is 0 Å². The van der Waals surface area contributed by atoms with E-state index in [9.17, 15) is 9.50 Å². The topological polar surface area (TPSA) is 45.1 Å². The van der Waals surface area contributed by atoms with Gasteiger partial charge in [0.2, 0.25) is 0 Å². The Morgan fingerprint density at radius 1 is 1.22 bits per heavy atom. The Hall–Kier alpha value is -1.95. The highest BCUT2D eigenvalue weighted by atomic mass is 35.5. The van der Waals surface area contributed by atoms with E-state index in [1.165, 1.54) is 12.1 Å². The highest BCUT2D eigenvalue weighted by Crippen LogP contribution is 2.20. The molecule has 0 radical (unpaired) electrons. The Labute approximate surface area is 164 Å². The lowest BCUT2D eigenvalue weighted by atomic mass is 10.0. The molecule has 1 aliphatic rings. The molecule has 2 aromatic carbocycles. The number of oxime groups is 1. The highest BCUT2D eigenvalue weighted by Gasteiger charge is 2.25. The lowest BCUT2D eigenvalue weighted by Gasteiger charge is -2.26. The summed E-state index contributed by atoms with van der Waals surface area (Å²) < 4.78 is 13.1. The first-order valence-corrected chi connectivity index (χ1v) is 9.54. The molecule has 6 heteroatoms. The van der Waals surface area contributed by atoms with Gasteiger partial charge in [0, 0.05) is 31.1 Å². The summed E-state index contributed by atoms with van der Waals surface area (Å²) in [5.41, 5.74) is 2.89. The number of aliphatic hydroxyl groups excluding tert-OH is 1. The van der Waals surface area contributed by atoms with Gasteiger partial charge in [-0.15, -0.1) is 0 Å². The van der Waals surface area contributed by atoms with Gasteiger partial charge in [-0.2, -0.15) is 0 Å². The van der Waals surface area contributed by atoms with Gasteiger partial charge in [0.1, 0.15) is 11.9 Å². The van der Waals surface area contributed by atoms with Crippen LogP contribution in [0.15, 0.2) is 53.7 Å². The molecule has 144 valence electrons. The van der Waals surface area contributed by atoms with Gasteiger partial charge in [0.15, 0.2) is 0 Å². The molecule has 0 bridgehead atoms. The number of aliphatic hydroxyl groups is 1. The number of benzene rings is 2. The van der Waals surface area contributed by atoms with Crippen LogP contribution >= 0.6 is 11.6 Å². The molecule has 1 aliphatic heterocycles. The van der Waals surface area contributed by atoms with Crippen LogP contribution in [0.25, 0.3) is 0 Å². The third-order valence-corrected chi connectivity index (χ3v) is 4.88. The van der Waals surface area contributed by atoms with E-state index in [0.29, 0.717) is 37.5 Å². The Balaban J connectivity index is 1.62. The van der Waals surface area contributed by atoms with Crippen LogP contribution in [0.3, 0.4) is 0 Å². The minimum Gasteiger partial charge on any atom is -0.392 e. The molecule has 0 saturated carbocycles. The standard InChI is InChI=1S/C21H24ClFN2O2/c1-2-19(26)13-25(12-15-3-9-18(23)10-4-15)14-20-11-21(24-27-20)16-5-7-17(22)8-6-16/h3-10,19-20,26H,2,11-14H2,1H3/t19-,20-/m0/s1. The van der Waals surface area contributed by atoms with Gasteiger partial charge < -0.3 is 9.94 Å². The largest absolute Gasteiger partial charge is 0.392 e. The Kier molecular flexibility index (Phi) is 6.83. The van der Waals surface area contributed by atoms with Crippen LogP contribution in [0.2, 0.25) is 5.02 Å². The summed E-state index contributed by atoms with van der Waals surface area (Å²) >= 11 is 5.94. The minimum absolute atomic E-state index is 0.0832. The van der Waals surface area contributed by atoms with Crippen LogP contribution in [-0.4, -0.2) is 41.0 Å². The van der Waals surface area contributed by atoms with Crippen LogP contribution in [0.4, 0.5) is 4.39 Å². The van der Waals surface area contributed by atoms with Gasteiger partial charge in [0.25, 0.3) is 0 Å². The number of halogens is 2. The number of rotatable bonds is 8. The average molecular weight is 391 g/mol. The molecule has 0 fully saturated rings. The molecule has 0 amide bonds. The van der Waals surface area contributed by atoms with Crippen molar-refractivity contribution in [2.75, 3.05) is 13.1 Å². The molecule has 0 spiro atoms. The highest BCUT2D eigenvalue weighted by molar-refractivity contribution is 6.30. The number of hydrogen-bond acceptors (Lipinski definition) is 4. The van der Waals surface area contributed by atoms with Crippen LogP contribution in [0, 0.1) is 5.82 Å². The molecule has 2 aromatic rings. The molecule has 27 heavy (non-hydrogen) atoms. The first-order chi connectivity index (χ1) is 13.0. The van der Waals surface area contributed by atoms with E-state index in [1.54, 1.807) is 12.1 Å². The maximum atomic E-state index is 13.1. The van der Waals surface area contributed by atoms with Gasteiger partial charge in [0.05, 0.1) is 11.8 Å². The second kappa shape index (κ2) is 9.31. The molecule has 2 atom stereocenters. The Bertz CT molecular complexity index is 765. The fraction of sp³-hybridized carbons (Fsp3) is 0.381. The zero-order chi connectivity index (χ0) is 19.2. The van der Waals surface area contributed by atoms with Crippen molar-refractivity contribution in [3.05, 3.63) is 70.5 Å². The van der Waals surface area contributed by atoms with E-state index in [2.05, 4.69) is 10.1 Å². The molecule has 0 saturated heterocycles. The molecule has 0 unspecified atom stereocenters. The Morgan fingerprint density at radius 3 is 2.59 bits per heavy atom. The van der Waals surface area contributed by atoms with Gasteiger partial charge in [-0.3, -0.25) is 4.90 Å². The van der Waals surface area contributed by atoms with Crippen LogP contribution in [0.5, 0.6) is 0 Å². The van der Waals surface area contributed by atoms with E-state index in [1.807, 2.05) is 31.2 Å². The number of nitrogens with zero attached hydrogens (tertiary/aromatic N) is 2. The van der Waals surface area contributed by atoms with E-state index in [0.717, 1.165) is 16.8 Å². The maximum Gasteiger partial charge on any atom is 0.145 e. The average Bonchev–Trinajstić information content (AvgIpc) is 3.12. The lowest BCUT2D eigenvalue weighted by molar-refractivity contribution is 0.0315. The third-order valence-electron chi connectivity index (χ3n) is 4.63. The summed E-state index contributed by atoms with van der Waals surface area (Å²) in [5.74, 6) is -0.251. The summed E-state index contributed by atoms with van der Waals surface area (Å²) in [4.78, 5) is 7.76. The second-order valence-corrected chi connectivity index (χ2v) is 7.30. The summed E-state index contributed by atoms with van der Waals surface area (Å²) in [6, 6.07) is 14.0. The molecular formula is C21H24ClFN2O2. The van der Waals surface area contributed by atoms with Crippen molar-refractivity contribution >= 4 is 17.3 Å². The van der Waals surface area contributed by atoms with Gasteiger partial charge in [-0.05, 0) is 41.8 Å². The molecule has 1 N–H and O–H groups in total. The van der Waals surface area contributed by atoms with Crippen LogP contribution < -0.4 is 0 Å². The number of hydrogen-bond donors (Lipinski definition) is 1. The predicted octanol–water partition coefficient (Wildman–Crippen LogP) is 4.25. The minimum atomic E-state index is -0.413. The normalized spacial score (nSPS) is 17.7. The van der Waals surface area contributed by atoms with Crippen molar-refractivity contribution in [1.29, 1.82) is 0 Å². The zero-order valence-electron chi connectivity index (χ0n) is 15.3. The third kappa shape index (κ3) is 5.76. The van der Waals surface area contributed by atoms with E-state index >= 15 is 0 Å². The zero-order valence-corrected chi connectivity index (χ0v) is 16.1. The van der Waals surface area contributed by atoms with E-state index < -0.39 is 6.10 Å². The molecule has 0 aromatic heterocycles. The summed E-state index contributed by atoms with van der Waals surface area (Å²) in [6.45, 7) is 3.74. The summed E-state index contributed by atoms with van der Waals surface area (Å²) in [7, 11) is 0. The quantitative estimate of drug-likeness (QED) is 0.733. The fourth-order valence-corrected chi connectivity index (χ4v) is 3.23. The van der Waals surface area contributed by atoms with E-state index in [-0.39, 0.29) is 11.9 Å². The molecule has 3 rings (SSSR count). The van der Waals surface area contributed by atoms with Crippen molar-refractivity contribution in [3.8, 4) is 0 Å². The SMILES string of the molecule is CC[C@H](O)CN(Cc1ccc(F)cc1)C[C@@H]1CC(c2ccc(Cl)cc2)=NO1. The fourth-order valence-electron chi connectivity index (χ4n) is 3.11. The first kappa shape index (κ1) is 19.8. The monoisotopic (exact) mass is 390 g/mol. The second-order valence-electron chi connectivity index (χ2n) is 6.86. The Morgan fingerprint density at radius 2 is 1.93 bits per heavy atom. The molecule has 0 aliphatic carbocycles. The summed E-state index contributed by atoms with van der Waals surface area (Å²) in [6.07, 6.45) is 0.880. The van der Waals surface area contributed by atoms with Crippen LogP contribution in [-0.2, 0) is 11.4 Å². The molecule has 4 nitrogen and oxygen atoms in total. The van der Waals surface area contributed by atoms with Crippen molar-refractivity contribution in [1.82, 2.24) is 4.90 Å². The van der Waals surface area contributed by atoms with Crippen molar-refractivity contribution in [3.63, 3.8) is 0 Å². The van der Waals surface area contributed by atoms with E-state index in [4.69, 9.17) is 16.4 Å².